The van der Waals surface area contributed by atoms with E-state index in [9.17, 15) is 5.26 Å². The molecule has 110 valence electrons. The van der Waals surface area contributed by atoms with Gasteiger partial charge < -0.3 is 4.98 Å². The monoisotopic (exact) mass is 299 g/mol. The summed E-state index contributed by atoms with van der Waals surface area (Å²) >= 11 is 1.76. The second-order valence-corrected chi connectivity index (χ2v) is 7.15. The van der Waals surface area contributed by atoms with Crippen LogP contribution < -0.4 is 0 Å². The van der Waals surface area contributed by atoms with Gasteiger partial charge in [0.2, 0.25) is 0 Å². The van der Waals surface area contributed by atoms with Crippen LogP contribution in [-0.2, 0) is 0 Å². The molecule has 0 aliphatic heterocycles. The molecule has 4 heteroatoms. The average molecular weight is 299 g/mol. The molecule has 1 aromatic heterocycles. The summed E-state index contributed by atoms with van der Waals surface area (Å²) in [6.07, 6.45) is 5.93. The third-order valence-corrected chi connectivity index (χ3v) is 5.63. The normalized spacial score (nSPS) is 25.8. The Morgan fingerprint density at radius 1 is 1.38 bits per heavy atom. The highest BCUT2D eigenvalue weighted by molar-refractivity contribution is 7.99. The number of nitrogens with zero attached hydrogens (tertiary/aromatic N) is 2. The highest BCUT2D eigenvalue weighted by Crippen LogP contribution is 2.40. The lowest BCUT2D eigenvalue weighted by atomic mass is 9.80. The first-order valence-corrected chi connectivity index (χ1v) is 8.69. The molecule has 3 nitrogen and oxygen atoms in total. The van der Waals surface area contributed by atoms with Gasteiger partial charge in [0.05, 0.1) is 23.0 Å². The molecule has 3 atom stereocenters. The van der Waals surface area contributed by atoms with Crippen molar-refractivity contribution in [3.05, 3.63) is 24.3 Å². The van der Waals surface area contributed by atoms with Gasteiger partial charge in [0.15, 0.2) is 5.16 Å². The second kappa shape index (κ2) is 6.53. The highest BCUT2D eigenvalue weighted by atomic mass is 32.2. The number of hydrogen-bond donors (Lipinski definition) is 1. The first-order chi connectivity index (χ1) is 10.3. The number of benzene rings is 1. The zero-order valence-electron chi connectivity index (χ0n) is 12.4. The van der Waals surface area contributed by atoms with E-state index in [0.29, 0.717) is 5.25 Å². The molecular formula is C17H21N3S. The minimum Gasteiger partial charge on any atom is -0.333 e. The maximum atomic E-state index is 9.40. The van der Waals surface area contributed by atoms with Crippen LogP contribution in [0.4, 0.5) is 0 Å². The topological polar surface area (TPSA) is 52.5 Å². The molecule has 2 aromatic rings. The largest absolute Gasteiger partial charge is 0.333 e. The summed E-state index contributed by atoms with van der Waals surface area (Å²) in [6.45, 7) is 2.25. The summed E-state index contributed by atoms with van der Waals surface area (Å²) in [4.78, 5) is 8.02. The number of hydrogen-bond acceptors (Lipinski definition) is 3. The summed E-state index contributed by atoms with van der Waals surface area (Å²) < 4.78 is 0. The lowest BCUT2D eigenvalue weighted by molar-refractivity contribution is 0.306. The zero-order chi connectivity index (χ0) is 14.7. The minimum absolute atomic E-state index is 0.163. The van der Waals surface area contributed by atoms with Crippen molar-refractivity contribution in [1.29, 1.82) is 5.26 Å². The van der Waals surface area contributed by atoms with Crippen LogP contribution in [0.1, 0.15) is 39.0 Å². The lowest BCUT2D eigenvalue weighted by Crippen LogP contribution is -2.26. The minimum atomic E-state index is 0.163. The Morgan fingerprint density at radius 2 is 2.24 bits per heavy atom. The van der Waals surface area contributed by atoms with Crippen molar-refractivity contribution in [1.82, 2.24) is 9.97 Å². The number of imidazole rings is 1. The Morgan fingerprint density at radius 3 is 3.00 bits per heavy atom. The van der Waals surface area contributed by atoms with Gasteiger partial charge in [0.1, 0.15) is 0 Å². The van der Waals surface area contributed by atoms with E-state index in [0.717, 1.165) is 34.9 Å². The van der Waals surface area contributed by atoms with Crippen molar-refractivity contribution in [2.24, 2.45) is 11.8 Å². The third kappa shape index (κ3) is 3.24. The van der Waals surface area contributed by atoms with Gasteiger partial charge in [0.25, 0.3) is 0 Å². The highest BCUT2D eigenvalue weighted by Gasteiger charge is 2.31. The van der Waals surface area contributed by atoms with Crippen LogP contribution in [0.2, 0.25) is 0 Å². The maximum Gasteiger partial charge on any atom is 0.166 e. The molecular weight excluding hydrogens is 278 g/mol. The molecule has 0 saturated heterocycles. The van der Waals surface area contributed by atoms with Gasteiger partial charge in [-0.1, -0.05) is 43.7 Å². The number of H-pyrrole nitrogens is 1. The molecule has 1 heterocycles. The zero-order valence-corrected chi connectivity index (χ0v) is 13.2. The molecule has 1 saturated carbocycles. The number of para-hydroxylation sites is 2. The van der Waals surface area contributed by atoms with E-state index < -0.39 is 0 Å². The van der Waals surface area contributed by atoms with Gasteiger partial charge in [-0.3, -0.25) is 0 Å². The second-order valence-electron chi connectivity index (χ2n) is 5.92. The fourth-order valence-corrected chi connectivity index (χ4v) is 4.63. The van der Waals surface area contributed by atoms with Crippen LogP contribution in [0.15, 0.2) is 29.4 Å². The summed E-state index contributed by atoms with van der Waals surface area (Å²) in [5, 5.41) is 10.7. The number of rotatable bonds is 4. The van der Waals surface area contributed by atoms with Crippen LogP contribution in [0.25, 0.3) is 11.0 Å². The number of aromatic amines is 1. The van der Waals surface area contributed by atoms with Crippen molar-refractivity contribution in [2.75, 3.05) is 0 Å². The van der Waals surface area contributed by atoms with Crippen LogP contribution in [-0.4, -0.2) is 15.2 Å². The predicted octanol–water partition coefficient (Wildman–Crippen LogP) is 4.76. The molecule has 0 bridgehead atoms. The van der Waals surface area contributed by atoms with Crippen molar-refractivity contribution < 1.29 is 0 Å². The van der Waals surface area contributed by atoms with E-state index in [2.05, 4.69) is 29.0 Å². The van der Waals surface area contributed by atoms with Crippen molar-refractivity contribution in [3.8, 4) is 6.07 Å². The Hall–Kier alpha value is -1.47. The molecule has 1 fully saturated rings. The van der Waals surface area contributed by atoms with E-state index in [-0.39, 0.29) is 5.92 Å². The van der Waals surface area contributed by atoms with Crippen LogP contribution in [0.3, 0.4) is 0 Å². The molecule has 1 N–H and O–H groups in total. The molecule has 0 amide bonds. The first-order valence-electron chi connectivity index (χ1n) is 7.81. The fourth-order valence-electron chi connectivity index (χ4n) is 3.29. The Labute approximate surface area is 130 Å². The SMILES string of the molecule is CCCC1CCC(C#N)C(Sc2nc3ccccc3[nH]2)C1. The molecule has 1 aliphatic carbocycles. The van der Waals surface area contributed by atoms with Gasteiger partial charge in [-0.2, -0.15) is 5.26 Å². The number of aromatic nitrogens is 2. The van der Waals surface area contributed by atoms with Gasteiger partial charge >= 0.3 is 0 Å². The number of thioether (sulfide) groups is 1. The molecule has 3 unspecified atom stereocenters. The maximum absolute atomic E-state index is 9.40. The fraction of sp³-hybridized carbons (Fsp3) is 0.529. The van der Waals surface area contributed by atoms with Crippen LogP contribution in [0.5, 0.6) is 0 Å². The summed E-state index contributed by atoms with van der Waals surface area (Å²) in [5.74, 6) is 0.942. The van der Waals surface area contributed by atoms with E-state index in [4.69, 9.17) is 0 Å². The summed E-state index contributed by atoms with van der Waals surface area (Å²) in [6, 6.07) is 10.6. The van der Waals surface area contributed by atoms with Crippen molar-refractivity contribution in [3.63, 3.8) is 0 Å². The smallest absolute Gasteiger partial charge is 0.166 e. The van der Waals surface area contributed by atoms with Gasteiger partial charge in [0, 0.05) is 5.25 Å². The number of nitrogens with one attached hydrogen (secondary N) is 1. The summed E-state index contributed by atoms with van der Waals surface area (Å²) in [7, 11) is 0. The summed E-state index contributed by atoms with van der Waals surface area (Å²) in [5.41, 5.74) is 2.09. The van der Waals surface area contributed by atoms with Crippen molar-refractivity contribution in [2.45, 2.75) is 49.4 Å². The van der Waals surface area contributed by atoms with Crippen LogP contribution in [0, 0.1) is 23.2 Å². The Balaban J connectivity index is 1.75. The standard InChI is InChI=1S/C17H21N3S/c1-2-5-12-8-9-13(11-18)16(10-12)21-17-19-14-6-3-4-7-15(14)20-17/h3-4,6-7,12-13,16H,2,5,8-10H2,1H3,(H,19,20). The van der Waals surface area contributed by atoms with Crippen LogP contribution >= 0.6 is 11.8 Å². The predicted molar refractivity (Wildman–Crippen MR) is 87.1 cm³/mol. The number of fused-ring (bicyclic) bond motifs is 1. The molecule has 3 rings (SSSR count). The quantitative estimate of drug-likeness (QED) is 0.885. The van der Waals surface area contributed by atoms with Gasteiger partial charge in [-0.05, 0) is 37.3 Å². The van der Waals surface area contributed by atoms with Crippen molar-refractivity contribution >= 4 is 22.8 Å². The van der Waals surface area contributed by atoms with Gasteiger partial charge in [-0.15, -0.1) is 0 Å². The number of nitriles is 1. The van der Waals surface area contributed by atoms with E-state index in [1.807, 2.05) is 18.2 Å². The average Bonchev–Trinajstić information content (AvgIpc) is 2.90. The lowest BCUT2D eigenvalue weighted by Gasteiger charge is -2.31. The molecule has 0 radical (unpaired) electrons. The molecule has 1 aliphatic rings. The van der Waals surface area contributed by atoms with Gasteiger partial charge in [-0.25, -0.2) is 4.98 Å². The third-order valence-electron chi connectivity index (χ3n) is 4.39. The Kier molecular flexibility index (Phi) is 4.50. The molecule has 0 spiro atoms. The Bertz CT molecular complexity index is 610. The van der Waals surface area contributed by atoms with E-state index >= 15 is 0 Å². The first kappa shape index (κ1) is 14.5. The molecule has 1 aromatic carbocycles. The van der Waals surface area contributed by atoms with E-state index in [1.165, 1.54) is 19.3 Å². The molecule has 21 heavy (non-hydrogen) atoms. The van der Waals surface area contributed by atoms with E-state index in [1.54, 1.807) is 11.8 Å².